The van der Waals surface area contributed by atoms with Crippen LogP contribution in [0.5, 0.6) is 0 Å². The molecule has 1 heterocycles. The van der Waals surface area contributed by atoms with Crippen LogP contribution in [0.2, 0.25) is 0 Å². The highest BCUT2D eigenvalue weighted by molar-refractivity contribution is 5.95. The fourth-order valence-electron chi connectivity index (χ4n) is 2.45. The number of carbonyl (C=O) groups excluding carboxylic acids is 3. The number of hydrogen-bond acceptors (Lipinski definition) is 6. The smallest absolute Gasteiger partial charge is 0.445 e. The quantitative estimate of drug-likeness (QED) is 0.434. The molecule has 2 amide bonds. The number of nitrogens with two attached hydrogens (primary N) is 2. The Kier molecular flexibility index (Phi) is 7.10. The van der Waals surface area contributed by atoms with E-state index < -0.39 is 59.2 Å². The molecule has 0 saturated carbocycles. The van der Waals surface area contributed by atoms with Gasteiger partial charge in [-0.2, -0.15) is 13.2 Å². The van der Waals surface area contributed by atoms with Crippen LogP contribution in [0.3, 0.4) is 0 Å². The summed E-state index contributed by atoms with van der Waals surface area (Å²) in [6, 6.07) is 4.30. The molecule has 1 aromatic carbocycles. The van der Waals surface area contributed by atoms with Gasteiger partial charge in [-0.05, 0) is 23.3 Å². The maximum Gasteiger partial charge on any atom is 0.490 e. The lowest BCUT2D eigenvalue weighted by molar-refractivity contribution is -0.205. The van der Waals surface area contributed by atoms with Crippen LogP contribution in [0.25, 0.3) is 0 Å². The zero-order valence-corrected chi connectivity index (χ0v) is 15.5. The van der Waals surface area contributed by atoms with Crippen molar-refractivity contribution in [2.24, 2.45) is 5.73 Å². The predicted octanol–water partition coefficient (Wildman–Crippen LogP) is 1.37. The Bertz CT molecular complexity index is 996. The second-order valence-electron chi connectivity index (χ2n) is 6.16. The first-order valence-corrected chi connectivity index (χ1v) is 8.42. The predicted molar refractivity (Wildman–Crippen MR) is 95.0 cm³/mol. The van der Waals surface area contributed by atoms with Gasteiger partial charge in [-0.25, -0.2) is 18.6 Å². The summed E-state index contributed by atoms with van der Waals surface area (Å²) < 4.78 is 69.4. The molecule has 0 aliphatic carbocycles. The lowest BCUT2D eigenvalue weighted by atomic mass is 9.99. The minimum Gasteiger partial charge on any atom is -0.445 e. The average molecular weight is 446 g/mol. The highest BCUT2D eigenvalue weighted by Crippen LogP contribution is 2.22. The van der Waals surface area contributed by atoms with Gasteiger partial charge in [-0.1, -0.05) is 12.1 Å². The lowest BCUT2D eigenvalue weighted by Crippen LogP contribution is -2.42. The van der Waals surface area contributed by atoms with E-state index in [-0.39, 0.29) is 12.4 Å². The van der Waals surface area contributed by atoms with E-state index in [0.29, 0.717) is 11.6 Å². The van der Waals surface area contributed by atoms with E-state index in [1.54, 1.807) is 0 Å². The van der Waals surface area contributed by atoms with E-state index in [4.69, 9.17) is 11.5 Å². The summed E-state index contributed by atoms with van der Waals surface area (Å²) in [7, 11) is 0. The number of nitrogens with zero attached hydrogens (tertiary/aromatic N) is 1. The summed E-state index contributed by atoms with van der Waals surface area (Å²) in [5.41, 5.74) is 9.41. The number of aromatic nitrogens is 1. The summed E-state index contributed by atoms with van der Waals surface area (Å²) in [6.07, 6.45) is -7.17. The highest BCUT2D eigenvalue weighted by Gasteiger charge is 2.43. The van der Waals surface area contributed by atoms with Crippen LogP contribution in [-0.4, -0.2) is 35.0 Å². The van der Waals surface area contributed by atoms with Gasteiger partial charge < -0.3 is 21.5 Å². The molecular formula is C18H15F5N4O4. The number of rotatable bonds is 7. The minimum atomic E-state index is -5.43. The number of amides is 2. The molecule has 8 nitrogen and oxygen atoms in total. The summed E-state index contributed by atoms with van der Waals surface area (Å²) in [4.78, 5) is 38.9. The van der Waals surface area contributed by atoms with Gasteiger partial charge in [0.15, 0.2) is 17.7 Å². The highest BCUT2D eigenvalue weighted by atomic mass is 19.4. The van der Waals surface area contributed by atoms with Crippen LogP contribution in [0, 0.1) is 11.6 Å². The van der Waals surface area contributed by atoms with Gasteiger partial charge in [-0.15, -0.1) is 0 Å². The van der Waals surface area contributed by atoms with Crippen molar-refractivity contribution in [2.45, 2.75) is 25.2 Å². The number of anilines is 1. The number of carbonyl (C=O) groups is 3. The van der Waals surface area contributed by atoms with Crippen molar-refractivity contribution < 1.29 is 41.1 Å². The molecule has 0 fully saturated rings. The number of halogens is 5. The topological polar surface area (TPSA) is 137 Å². The third kappa shape index (κ3) is 6.10. The molecule has 31 heavy (non-hydrogen) atoms. The van der Waals surface area contributed by atoms with Crippen molar-refractivity contribution in [2.75, 3.05) is 5.73 Å². The summed E-state index contributed by atoms with van der Waals surface area (Å²) in [6.45, 7) is -0.230. The van der Waals surface area contributed by atoms with Crippen molar-refractivity contribution >= 4 is 23.6 Å². The van der Waals surface area contributed by atoms with E-state index in [2.05, 4.69) is 15.0 Å². The molecule has 5 N–H and O–H groups in total. The van der Waals surface area contributed by atoms with Crippen LogP contribution in [0.1, 0.15) is 21.5 Å². The molecule has 0 unspecified atom stereocenters. The van der Waals surface area contributed by atoms with Crippen molar-refractivity contribution in [1.29, 1.82) is 0 Å². The third-order valence-electron chi connectivity index (χ3n) is 3.92. The van der Waals surface area contributed by atoms with Gasteiger partial charge in [0, 0.05) is 19.2 Å². The summed E-state index contributed by atoms with van der Waals surface area (Å²) in [5, 5.41) is 2.22. The first-order chi connectivity index (χ1) is 14.4. The number of primary amides is 1. The van der Waals surface area contributed by atoms with Crippen molar-refractivity contribution in [3.63, 3.8) is 0 Å². The first-order valence-electron chi connectivity index (χ1n) is 8.42. The normalized spacial score (nSPS) is 12.2. The zero-order valence-electron chi connectivity index (χ0n) is 15.5. The monoisotopic (exact) mass is 446 g/mol. The van der Waals surface area contributed by atoms with Crippen molar-refractivity contribution in [3.05, 3.63) is 58.8 Å². The van der Waals surface area contributed by atoms with E-state index in [1.165, 1.54) is 18.3 Å². The molecule has 2 rings (SSSR count). The van der Waals surface area contributed by atoms with Gasteiger partial charge in [0.1, 0.15) is 5.82 Å². The summed E-state index contributed by atoms with van der Waals surface area (Å²) in [5.74, 6) is -8.23. The third-order valence-corrected chi connectivity index (χ3v) is 3.92. The first kappa shape index (κ1) is 23.5. The minimum absolute atomic E-state index is 0.185. The van der Waals surface area contributed by atoms with Crippen LogP contribution in [0.4, 0.5) is 27.8 Å². The van der Waals surface area contributed by atoms with E-state index in [1.807, 2.05) is 0 Å². The van der Waals surface area contributed by atoms with Crippen LogP contribution < -0.4 is 16.8 Å². The SMILES string of the molecule is NC(=O)c1c(C[C@H](OC(=O)C(F)(F)F)C(=O)NCc2ccc(N)nc2)ccc(F)c1F. The number of nitrogens with one attached hydrogen (secondary N) is 1. The second kappa shape index (κ2) is 9.36. The number of alkyl halides is 3. The molecule has 13 heteroatoms. The van der Waals surface area contributed by atoms with Crippen LogP contribution >= 0.6 is 0 Å². The Morgan fingerprint density at radius 2 is 1.81 bits per heavy atom. The van der Waals surface area contributed by atoms with Gasteiger partial charge in [0.25, 0.3) is 11.8 Å². The zero-order chi connectivity index (χ0) is 23.3. The number of hydrogen-bond donors (Lipinski definition) is 3. The van der Waals surface area contributed by atoms with E-state index in [9.17, 15) is 36.3 Å². The molecule has 0 saturated heterocycles. The molecule has 1 aromatic heterocycles. The summed E-state index contributed by atoms with van der Waals surface area (Å²) >= 11 is 0. The number of nitrogen functional groups attached to an aromatic ring is 1. The maximum atomic E-state index is 13.9. The van der Waals surface area contributed by atoms with E-state index in [0.717, 1.165) is 6.07 Å². The molecule has 0 radical (unpaired) electrons. The largest absolute Gasteiger partial charge is 0.490 e. The molecule has 0 bridgehead atoms. The van der Waals surface area contributed by atoms with Crippen LogP contribution in [0.15, 0.2) is 30.5 Å². The van der Waals surface area contributed by atoms with Crippen LogP contribution in [-0.2, 0) is 27.3 Å². The number of ether oxygens (including phenoxy) is 1. The van der Waals surface area contributed by atoms with Gasteiger partial charge >= 0.3 is 12.1 Å². The van der Waals surface area contributed by atoms with Gasteiger partial charge in [0.2, 0.25) is 0 Å². The fraction of sp³-hybridized carbons (Fsp3) is 0.222. The lowest BCUT2D eigenvalue weighted by Gasteiger charge is -2.20. The number of benzene rings is 1. The number of esters is 1. The Hall–Kier alpha value is -3.77. The Balaban J connectivity index is 2.29. The van der Waals surface area contributed by atoms with Gasteiger partial charge in [0.05, 0.1) is 5.56 Å². The molecule has 0 aliphatic rings. The second-order valence-corrected chi connectivity index (χ2v) is 6.16. The molecule has 2 aromatic rings. The van der Waals surface area contributed by atoms with E-state index >= 15 is 0 Å². The molecular weight excluding hydrogens is 431 g/mol. The molecule has 0 aliphatic heterocycles. The molecule has 0 spiro atoms. The average Bonchev–Trinajstić information content (AvgIpc) is 2.68. The standard InChI is InChI=1S/C18H15F5N4O4/c19-10-3-2-9(13(14(10)20)15(25)28)5-11(31-17(30)18(21,22)23)16(29)27-7-8-1-4-12(24)26-6-8/h1-4,6,11H,5,7H2,(H2,24,26)(H2,25,28)(H,27,29)/t11-/m0/s1. The molecule has 166 valence electrons. The molecule has 1 atom stereocenters. The van der Waals surface area contributed by atoms with Crippen molar-refractivity contribution in [3.8, 4) is 0 Å². The number of pyridine rings is 1. The Morgan fingerprint density at radius 3 is 2.35 bits per heavy atom. The van der Waals surface area contributed by atoms with Crippen molar-refractivity contribution in [1.82, 2.24) is 10.3 Å². The Morgan fingerprint density at radius 1 is 1.13 bits per heavy atom. The fourth-order valence-corrected chi connectivity index (χ4v) is 2.45. The Labute approximate surface area is 171 Å². The maximum absolute atomic E-state index is 13.9. The van der Waals surface area contributed by atoms with Gasteiger partial charge in [-0.3, -0.25) is 9.59 Å².